The van der Waals surface area contributed by atoms with Crippen LogP contribution in [0.15, 0.2) is 0 Å². The highest BCUT2D eigenvalue weighted by atomic mass is 35.5. The summed E-state index contributed by atoms with van der Waals surface area (Å²) in [7, 11) is 0. The molecule has 2 heterocycles. The summed E-state index contributed by atoms with van der Waals surface area (Å²) in [5.74, 6) is 0.623. The smallest absolute Gasteiger partial charge is 0.0860 e. The first-order chi connectivity index (χ1) is 8.56. The maximum Gasteiger partial charge on any atom is 0.0860 e. The Morgan fingerprint density at radius 1 is 1.50 bits per heavy atom. The van der Waals surface area contributed by atoms with Crippen LogP contribution in [0, 0.1) is 12.8 Å². The van der Waals surface area contributed by atoms with Crippen molar-refractivity contribution in [2.24, 2.45) is 11.7 Å². The molecule has 0 aliphatic carbocycles. The van der Waals surface area contributed by atoms with Gasteiger partial charge < -0.3 is 5.73 Å². The van der Waals surface area contributed by atoms with Gasteiger partial charge in [0.1, 0.15) is 0 Å². The normalized spacial score (nSPS) is 24.9. The van der Waals surface area contributed by atoms with Crippen molar-refractivity contribution in [3.8, 4) is 0 Å². The first-order valence-corrected chi connectivity index (χ1v) is 7.10. The number of aromatic nitrogens is 2. The van der Waals surface area contributed by atoms with Gasteiger partial charge in [-0.1, -0.05) is 11.6 Å². The molecule has 0 spiro atoms. The topological polar surface area (TPSA) is 47.1 Å². The zero-order chi connectivity index (χ0) is 13.3. The van der Waals surface area contributed by atoms with Crippen LogP contribution in [0.25, 0.3) is 0 Å². The van der Waals surface area contributed by atoms with Crippen molar-refractivity contribution < 1.29 is 0 Å². The zero-order valence-corrected chi connectivity index (χ0v) is 12.2. The van der Waals surface area contributed by atoms with Gasteiger partial charge in [0, 0.05) is 25.7 Å². The van der Waals surface area contributed by atoms with Gasteiger partial charge in [0.05, 0.1) is 16.4 Å². The first-order valence-electron chi connectivity index (χ1n) is 6.72. The van der Waals surface area contributed by atoms with Gasteiger partial charge in [-0.15, -0.1) is 0 Å². The average molecular weight is 271 g/mol. The van der Waals surface area contributed by atoms with Gasteiger partial charge in [0.15, 0.2) is 0 Å². The molecule has 18 heavy (non-hydrogen) atoms. The van der Waals surface area contributed by atoms with E-state index in [0.29, 0.717) is 12.0 Å². The highest BCUT2D eigenvalue weighted by Gasteiger charge is 2.29. The zero-order valence-electron chi connectivity index (χ0n) is 11.5. The Balaban J connectivity index is 2.14. The fraction of sp³-hybridized carbons (Fsp3) is 0.769. The van der Waals surface area contributed by atoms with Gasteiger partial charge in [0.2, 0.25) is 0 Å². The minimum atomic E-state index is 0.579. The van der Waals surface area contributed by atoms with Crippen LogP contribution in [-0.2, 0) is 13.1 Å². The molecule has 102 valence electrons. The van der Waals surface area contributed by atoms with Crippen LogP contribution in [0.5, 0.6) is 0 Å². The number of likely N-dealkylation sites (tertiary alicyclic amines) is 1. The third-order valence-corrected chi connectivity index (χ3v) is 4.42. The molecule has 1 saturated heterocycles. The molecule has 2 N–H and O–H groups in total. The number of aryl methyl sites for hydroxylation is 2. The minimum absolute atomic E-state index is 0.579. The van der Waals surface area contributed by atoms with Gasteiger partial charge in [-0.25, -0.2) is 0 Å². The van der Waals surface area contributed by atoms with Crippen molar-refractivity contribution in [1.29, 1.82) is 0 Å². The van der Waals surface area contributed by atoms with E-state index in [1.54, 1.807) is 0 Å². The van der Waals surface area contributed by atoms with Crippen molar-refractivity contribution in [3.63, 3.8) is 0 Å². The summed E-state index contributed by atoms with van der Waals surface area (Å²) in [5, 5.41) is 5.29. The lowest BCUT2D eigenvalue weighted by molar-refractivity contribution is 0.248. The third kappa shape index (κ3) is 2.56. The van der Waals surface area contributed by atoms with Crippen molar-refractivity contribution in [3.05, 3.63) is 16.4 Å². The van der Waals surface area contributed by atoms with Crippen molar-refractivity contribution in [2.45, 2.75) is 46.3 Å². The SMILES string of the molecule is CCn1nc(C)c(Cl)c1CN1CC(CN)CC1C. The lowest BCUT2D eigenvalue weighted by Gasteiger charge is -2.21. The molecule has 1 fully saturated rings. The van der Waals surface area contributed by atoms with Crippen LogP contribution in [0.2, 0.25) is 5.02 Å². The van der Waals surface area contributed by atoms with Gasteiger partial charge >= 0.3 is 0 Å². The van der Waals surface area contributed by atoms with Crippen LogP contribution in [0.1, 0.15) is 31.7 Å². The Morgan fingerprint density at radius 3 is 2.78 bits per heavy atom. The van der Waals surface area contributed by atoms with E-state index in [1.807, 2.05) is 11.6 Å². The molecule has 1 aromatic heterocycles. The fourth-order valence-electron chi connectivity index (χ4n) is 2.82. The van der Waals surface area contributed by atoms with Crippen LogP contribution in [0.4, 0.5) is 0 Å². The number of hydrogen-bond acceptors (Lipinski definition) is 3. The maximum atomic E-state index is 6.35. The molecule has 1 aliphatic heterocycles. The molecular weight excluding hydrogens is 248 g/mol. The summed E-state index contributed by atoms with van der Waals surface area (Å²) >= 11 is 6.35. The molecule has 5 heteroatoms. The summed E-state index contributed by atoms with van der Waals surface area (Å²) in [6.07, 6.45) is 1.19. The highest BCUT2D eigenvalue weighted by molar-refractivity contribution is 6.31. The van der Waals surface area contributed by atoms with Crippen molar-refractivity contribution in [1.82, 2.24) is 14.7 Å². The second-order valence-electron chi connectivity index (χ2n) is 5.28. The molecule has 2 unspecified atom stereocenters. The molecule has 1 aliphatic rings. The maximum absolute atomic E-state index is 6.35. The Kier molecular flexibility index (Phi) is 4.30. The van der Waals surface area contributed by atoms with E-state index in [-0.39, 0.29) is 0 Å². The molecule has 0 aromatic carbocycles. The third-order valence-electron chi connectivity index (χ3n) is 3.93. The first kappa shape index (κ1) is 13.8. The minimum Gasteiger partial charge on any atom is -0.330 e. The van der Waals surface area contributed by atoms with Gasteiger partial charge in [-0.2, -0.15) is 5.10 Å². The largest absolute Gasteiger partial charge is 0.330 e. The summed E-state index contributed by atoms with van der Waals surface area (Å²) in [5.41, 5.74) is 7.84. The Labute approximate surface area is 114 Å². The quantitative estimate of drug-likeness (QED) is 0.911. The number of nitrogens with zero attached hydrogens (tertiary/aromatic N) is 3. The van der Waals surface area contributed by atoms with Crippen molar-refractivity contribution in [2.75, 3.05) is 13.1 Å². The summed E-state index contributed by atoms with van der Waals surface area (Å²) in [6, 6.07) is 0.579. The highest BCUT2D eigenvalue weighted by Crippen LogP contribution is 2.27. The standard InChI is InChI=1S/C13H23ClN4/c1-4-18-12(13(14)10(3)16-18)8-17-7-11(6-15)5-9(17)2/h9,11H,4-8,15H2,1-3H3. The van der Waals surface area contributed by atoms with Crippen molar-refractivity contribution >= 4 is 11.6 Å². The molecule has 0 saturated carbocycles. The van der Waals surface area contributed by atoms with E-state index in [9.17, 15) is 0 Å². The Morgan fingerprint density at radius 2 is 2.22 bits per heavy atom. The molecule has 0 bridgehead atoms. The van der Waals surface area contributed by atoms with Crippen LogP contribution < -0.4 is 5.73 Å². The second-order valence-corrected chi connectivity index (χ2v) is 5.66. The molecule has 2 rings (SSSR count). The second kappa shape index (κ2) is 5.59. The predicted octanol–water partition coefficient (Wildman–Crippen LogP) is 2.03. The predicted molar refractivity (Wildman–Crippen MR) is 74.7 cm³/mol. The van der Waals surface area contributed by atoms with E-state index in [2.05, 4.69) is 23.8 Å². The van der Waals surface area contributed by atoms with Crippen LogP contribution in [-0.4, -0.2) is 33.8 Å². The summed E-state index contributed by atoms with van der Waals surface area (Å²) in [6.45, 7) is 9.93. The molecule has 0 radical (unpaired) electrons. The number of rotatable bonds is 4. The molecule has 1 aromatic rings. The van der Waals surface area contributed by atoms with Gasteiger partial charge in [-0.05, 0) is 39.7 Å². The molecule has 2 atom stereocenters. The van der Waals surface area contributed by atoms with Gasteiger partial charge in [-0.3, -0.25) is 9.58 Å². The summed E-state index contributed by atoms with van der Waals surface area (Å²) < 4.78 is 2.01. The van der Waals surface area contributed by atoms with E-state index in [0.717, 1.165) is 42.6 Å². The van der Waals surface area contributed by atoms with E-state index < -0.39 is 0 Å². The van der Waals surface area contributed by atoms with Crippen LogP contribution in [0.3, 0.4) is 0 Å². The summed E-state index contributed by atoms with van der Waals surface area (Å²) in [4.78, 5) is 2.46. The van der Waals surface area contributed by atoms with E-state index in [4.69, 9.17) is 17.3 Å². The lowest BCUT2D eigenvalue weighted by atomic mass is 10.1. The number of hydrogen-bond donors (Lipinski definition) is 1. The van der Waals surface area contributed by atoms with Gasteiger partial charge in [0.25, 0.3) is 0 Å². The van der Waals surface area contributed by atoms with E-state index >= 15 is 0 Å². The molecular formula is C13H23ClN4. The molecule has 4 nitrogen and oxygen atoms in total. The fourth-order valence-corrected chi connectivity index (χ4v) is 3.02. The monoisotopic (exact) mass is 270 g/mol. The van der Waals surface area contributed by atoms with Crippen LogP contribution >= 0.6 is 11.6 Å². The Hall–Kier alpha value is -0.580. The number of nitrogens with two attached hydrogens (primary N) is 1. The Bertz CT molecular complexity index is 415. The number of halogens is 1. The van der Waals surface area contributed by atoms with E-state index in [1.165, 1.54) is 6.42 Å². The molecule has 0 amide bonds. The lowest BCUT2D eigenvalue weighted by Crippen LogP contribution is -2.28. The average Bonchev–Trinajstić information content (AvgIpc) is 2.84.